The van der Waals surface area contributed by atoms with E-state index in [-0.39, 0.29) is 0 Å². The number of nitrogens with one attached hydrogen (secondary N) is 1. The van der Waals surface area contributed by atoms with E-state index < -0.39 is 0 Å². The van der Waals surface area contributed by atoms with Crippen LogP contribution < -0.4 is 5.32 Å². The molecular formula is C13H28N2. The summed E-state index contributed by atoms with van der Waals surface area (Å²) >= 11 is 0. The van der Waals surface area contributed by atoms with Gasteiger partial charge < -0.3 is 10.2 Å². The lowest BCUT2D eigenvalue weighted by molar-refractivity contribution is 0.194. The number of rotatable bonds is 5. The molecule has 1 aliphatic rings. The van der Waals surface area contributed by atoms with Crippen LogP contribution in [0.15, 0.2) is 0 Å². The summed E-state index contributed by atoms with van der Waals surface area (Å²) in [4.78, 5) is 2.50. The van der Waals surface area contributed by atoms with Crippen LogP contribution in [0.3, 0.4) is 0 Å². The highest BCUT2D eigenvalue weighted by molar-refractivity contribution is 4.75. The van der Waals surface area contributed by atoms with Crippen molar-refractivity contribution in [2.24, 2.45) is 5.92 Å². The maximum atomic E-state index is 3.62. The average Bonchev–Trinajstić information content (AvgIpc) is 2.26. The fraction of sp³-hybridized carbons (Fsp3) is 1.00. The second-order valence-corrected chi connectivity index (χ2v) is 5.40. The smallest absolute Gasteiger partial charge is 0.00868 e. The monoisotopic (exact) mass is 212 g/mol. The molecule has 0 saturated carbocycles. The van der Waals surface area contributed by atoms with Crippen LogP contribution in [-0.2, 0) is 0 Å². The van der Waals surface area contributed by atoms with Gasteiger partial charge in [-0.1, -0.05) is 20.3 Å². The minimum atomic E-state index is 0.702. The molecule has 2 atom stereocenters. The van der Waals surface area contributed by atoms with Crippen molar-refractivity contribution in [2.75, 3.05) is 20.1 Å². The highest BCUT2D eigenvalue weighted by Crippen LogP contribution is 2.13. The van der Waals surface area contributed by atoms with Gasteiger partial charge in [-0.25, -0.2) is 0 Å². The van der Waals surface area contributed by atoms with E-state index in [1.54, 1.807) is 0 Å². The first-order valence-corrected chi connectivity index (χ1v) is 6.55. The third kappa shape index (κ3) is 4.52. The average molecular weight is 212 g/mol. The Morgan fingerprint density at radius 1 is 1.27 bits per heavy atom. The zero-order chi connectivity index (χ0) is 11.3. The molecule has 0 bridgehead atoms. The minimum Gasteiger partial charge on any atom is -0.314 e. The fourth-order valence-corrected chi connectivity index (χ4v) is 2.24. The van der Waals surface area contributed by atoms with Gasteiger partial charge >= 0.3 is 0 Å². The van der Waals surface area contributed by atoms with Gasteiger partial charge in [0.25, 0.3) is 0 Å². The predicted molar refractivity (Wildman–Crippen MR) is 67.2 cm³/mol. The summed E-state index contributed by atoms with van der Waals surface area (Å²) < 4.78 is 0. The molecule has 2 unspecified atom stereocenters. The van der Waals surface area contributed by atoms with Crippen molar-refractivity contribution < 1.29 is 0 Å². The molecule has 0 aromatic carbocycles. The summed E-state index contributed by atoms with van der Waals surface area (Å²) in [5.74, 6) is 0.759. The van der Waals surface area contributed by atoms with Crippen LogP contribution in [-0.4, -0.2) is 37.1 Å². The zero-order valence-electron chi connectivity index (χ0n) is 10.9. The Morgan fingerprint density at radius 2 is 2.00 bits per heavy atom. The number of hydrogen-bond acceptors (Lipinski definition) is 2. The van der Waals surface area contributed by atoms with E-state index in [1.807, 2.05) is 0 Å². The third-order valence-corrected chi connectivity index (χ3v) is 3.90. The molecule has 90 valence electrons. The van der Waals surface area contributed by atoms with Crippen LogP contribution in [0.4, 0.5) is 0 Å². The van der Waals surface area contributed by atoms with Crippen molar-refractivity contribution in [1.29, 1.82) is 0 Å². The molecule has 0 amide bonds. The van der Waals surface area contributed by atoms with Crippen molar-refractivity contribution in [1.82, 2.24) is 10.2 Å². The molecule has 0 aliphatic carbocycles. The number of piperidine rings is 1. The van der Waals surface area contributed by atoms with Gasteiger partial charge in [-0.3, -0.25) is 0 Å². The SMILES string of the molecule is CC(C)C(C)N(C)CCC1CCCCN1. The fourth-order valence-electron chi connectivity index (χ4n) is 2.24. The van der Waals surface area contributed by atoms with Gasteiger partial charge in [0, 0.05) is 12.1 Å². The summed E-state index contributed by atoms with van der Waals surface area (Å²) in [6.45, 7) is 9.41. The van der Waals surface area contributed by atoms with Crippen molar-refractivity contribution in [3.05, 3.63) is 0 Å². The Balaban J connectivity index is 2.17. The Kier molecular flexibility index (Phi) is 5.62. The van der Waals surface area contributed by atoms with Gasteiger partial charge in [0.1, 0.15) is 0 Å². The third-order valence-electron chi connectivity index (χ3n) is 3.90. The molecule has 1 rings (SSSR count). The molecule has 1 heterocycles. The predicted octanol–water partition coefficient (Wildman–Crippen LogP) is 2.49. The van der Waals surface area contributed by atoms with E-state index in [0.29, 0.717) is 6.04 Å². The lowest BCUT2D eigenvalue weighted by Crippen LogP contribution is -2.40. The first kappa shape index (κ1) is 13.0. The first-order valence-electron chi connectivity index (χ1n) is 6.55. The van der Waals surface area contributed by atoms with Crippen LogP contribution in [0.2, 0.25) is 0 Å². The highest BCUT2D eigenvalue weighted by Gasteiger charge is 2.16. The van der Waals surface area contributed by atoms with E-state index in [2.05, 4.69) is 38.0 Å². The molecule has 2 heteroatoms. The van der Waals surface area contributed by atoms with Gasteiger partial charge in [-0.2, -0.15) is 0 Å². The molecule has 2 nitrogen and oxygen atoms in total. The molecule has 1 aliphatic heterocycles. The van der Waals surface area contributed by atoms with Crippen molar-refractivity contribution in [3.8, 4) is 0 Å². The van der Waals surface area contributed by atoms with E-state index in [1.165, 1.54) is 38.8 Å². The molecule has 0 aromatic rings. The maximum absolute atomic E-state index is 3.62. The summed E-state index contributed by atoms with van der Waals surface area (Å²) in [5, 5.41) is 3.62. The quantitative estimate of drug-likeness (QED) is 0.753. The van der Waals surface area contributed by atoms with Crippen LogP contribution in [0.1, 0.15) is 46.5 Å². The molecule has 0 radical (unpaired) electrons. The number of nitrogens with zero attached hydrogens (tertiary/aromatic N) is 1. The Hall–Kier alpha value is -0.0800. The standard InChI is InChI=1S/C13H28N2/c1-11(2)12(3)15(4)10-8-13-7-5-6-9-14-13/h11-14H,5-10H2,1-4H3. The van der Waals surface area contributed by atoms with Crippen LogP contribution in [0.25, 0.3) is 0 Å². The zero-order valence-corrected chi connectivity index (χ0v) is 10.9. The van der Waals surface area contributed by atoms with E-state index in [9.17, 15) is 0 Å². The minimum absolute atomic E-state index is 0.702. The topological polar surface area (TPSA) is 15.3 Å². The summed E-state index contributed by atoms with van der Waals surface area (Å²) in [5.41, 5.74) is 0. The molecular weight excluding hydrogens is 184 g/mol. The summed E-state index contributed by atoms with van der Waals surface area (Å²) in [7, 11) is 2.26. The Morgan fingerprint density at radius 3 is 2.53 bits per heavy atom. The first-order chi connectivity index (χ1) is 7.11. The van der Waals surface area contributed by atoms with Crippen molar-refractivity contribution >= 4 is 0 Å². The lowest BCUT2D eigenvalue weighted by atomic mass is 10.0. The lowest BCUT2D eigenvalue weighted by Gasteiger charge is -2.30. The largest absolute Gasteiger partial charge is 0.314 e. The van der Waals surface area contributed by atoms with Crippen molar-refractivity contribution in [3.63, 3.8) is 0 Å². The molecule has 15 heavy (non-hydrogen) atoms. The second-order valence-electron chi connectivity index (χ2n) is 5.40. The Labute approximate surface area is 95.4 Å². The summed E-state index contributed by atoms with van der Waals surface area (Å²) in [6, 6.07) is 1.48. The van der Waals surface area contributed by atoms with Gasteiger partial charge in [0.15, 0.2) is 0 Å². The molecule has 1 fully saturated rings. The van der Waals surface area contributed by atoms with Gasteiger partial charge in [-0.05, 0) is 52.2 Å². The van der Waals surface area contributed by atoms with E-state index in [0.717, 1.165) is 12.0 Å². The van der Waals surface area contributed by atoms with Gasteiger partial charge in [0.05, 0.1) is 0 Å². The summed E-state index contributed by atoms with van der Waals surface area (Å²) in [6.07, 6.45) is 5.48. The van der Waals surface area contributed by atoms with Crippen LogP contribution >= 0.6 is 0 Å². The van der Waals surface area contributed by atoms with Crippen LogP contribution in [0.5, 0.6) is 0 Å². The van der Waals surface area contributed by atoms with Crippen molar-refractivity contribution in [2.45, 2.75) is 58.5 Å². The Bertz CT molecular complexity index is 162. The molecule has 1 N–H and O–H groups in total. The van der Waals surface area contributed by atoms with E-state index in [4.69, 9.17) is 0 Å². The van der Waals surface area contributed by atoms with Crippen LogP contribution in [0, 0.1) is 5.92 Å². The normalized spacial score (nSPS) is 24.8. The second kappa shape index (κ2) is 6.49. The van der Waals surface area contributed by atoms with Gasteiger partial charge in [0.2, 0.25) is 0 Å². The number of hydrogen-bond donors (Lipinski definition) is 1. The highest BCUT2D eigenvalue weighted by atomic mass is 15.1. The molecule has 0 aromatic heterocycles. The van der Waals surface area contributed by atoms with E-state index >= 15 is 0 Å². The van der Waals surface area contributed by atoms with Gasteiger partial charge in [-0.15, -0.1) is 0 Å². The molecule has 0 spiro atoms. The molecule has 1 saturated heterocycles. The maximum Gasteiger partial charge on any atom is 0.00868 e.